The Hall–Kier alpha value is -1.06. The van der Waals surface area contributed by atoms with Crippen molar-refractivity contribution in [1.82, 2.24) is 4.90 Å². The molecule has 0 spiro atoms. The van der Waals surface area contributed by atoms with Gasteiger partial charge in [0.25, 0.3) is 0 Å². The van der Waals surface area contributed by atoms with E-state index in [4.69, 9.17) is 5.73 Å². The maximum Gasteiger partial charge on any atom is 0.224 e. The van der Waals surface area contributed by atoms with E-state index < -0.39 is 0 Å². The summed E-state index contributed by atoms with van der Waals surface area (Å²) in [6.07, 6.45) is 5.03. The molecule has 1 amide bonds. The number of rotatable bonds is 5. The van der Waals surface area contributed by atoms with Crippen LogP contribution in [0.2, 0.25) is 0 Å². The highest BCUT2D eigenvalue weighted by Gasteiger charge is 2.28. The molecule has 124 valence electrons. The second kappa shape index (κ2) is 9.16. The molecule has 2 unspecified atom stereocenters. The first-order valence-electron chi connectivity index (χ1n) is 8.18. The number of piperidine rings is 1. The molecule has 1 heterocycles. The lowest BCUT2D eigenvalue weighted by atomic mass is 9.93. The van der Waals surface area contributed by atoms with Crippen LogP contribution in [0.1, 0.15) is 57.6 Å². The van der Waals surface area contributed by atoms with Gasteiger partial charge in [0, 0.05) is 25.0 Å². The normalized spacial score (nSPS) is 19.6. The van der Waals surface area contributed by atoms with Gasteiger partial charge in [0.2, 0.25) is 5.91 Å². The first kappa shape index (κ1) is 19.0. The number of amides is 1. The second-order valence-electron chi connectivity index (χ2n) is 6.59. The van der Waals surface area contributed by atoms with E-state index >= 15 is 0 Å². The predicted octanol–water partition coefficient (Wildman–Crippen LogP) is 3.93. The SMILES string of the molecule is CC(C)CC1CCCCN1C(=O)CC(N)c1ccccc1.Cl. The summed E-state index contributed by atoms with van der Waals surface area (Å²) in [6, 6.07) is 10.1. The molecule has 0 aromatic heterocycles. The summed E-state index contributed by atoms with van der Waals surface area (Å²) in [5.74, 6) is 0.850. The summed E-state index contributed by atoms with van der Waals surface area (Å²) < 4.78 is 0. The third-order valence-corrected chi connectivity index (χ3v) is 4.31. The molecule has 1 fully saturated rings. The zero-order valence-corrected chi connectivity index (χ0v) is 14.5. The number of carbonyl (C=O) groups is 1. The molecule has 0 bridgehead atoms. The van der Waals surface area contributed by atoms with Crippen LogP contribution in [-0.4, -0.2) is 23.4 Å². The van der Waals surface area contributed by atoms with Crippen LogP contribution in [0.15, 0.2) is 30.3 Å². The minimum absolute atomic E-state index is 0. The highest BCUT2D eigenvalue weighted by molar-refractivity contribution is 5.85. The number of carbonyl (C=O) groups excluding carboxylic acids is 1. The van der Waals surface area contributed by atoms with E-state index in [-0.39, 0.29) is 24.4 Å². The summed E-state index contributed by atoms with van der Waals surface area (Å²) in [5, 5.41) is 0. The third kappa shape index (κ3) is 5.29. The van der Waals surface area contributed by atoms with E-state index in [0.717, 1.165) is 31.4 Å². The molecular weight excluding hydrogens is 296 g/mol. The number of nitrogens with two attached hydrogens (primary N) is 1. The minimum Gasteiger partial charge on any atom is -0.340 e. The minimum atomic E-state index is -0.194. The van der Waals surface area contributed by atoms with Crippen molar-refractivity contribution >= 4 is 18.3 Å². The highest BCUT2D eigenvalue weighted by Crippen LogP contribution is 2.25. The molecule has 0 radical (unpaired) electrons. The van der Waals surface area contributed by atoms with Gasteiger partial charge >= 0.3 is 0 Å². The van der Waals surface area contributed by atoms with Crippen molar-refractivity contribution in [3.8, 4) is 0 Å². The Kier molecular flexibility index (Phi) is 7.91. The predicted molar refractivity (Wildman–Crippen MR) is 94.0 cm³/mol. The molecule has 1 aromatic carbocycles. The van der Waals surface area contributed by atoms with E-state index in [1.165, 1.54) is 6.42 Å². The third-order valence-electron chi connectivity index (χ3n) is 4.31. The van der Waals surface area contributed by atoms with Gasteiger partial charge in [-0.3, -0.25) is 4.79 Å². The number of hydrogen-bond donors (Lipinski definition) is 1. The molecule has 3 nitrogen and oxygen atoms in total. The zero-order valence-electron chi connectivity index (χ0n) is 13.7. The molecule has 1 aliphatic rings. The standard InChI is InChI=1S/C18H28N2O.ClH/c1-14(2)12-16-10-6-7-11-20(16)18(21)13-17(19)15-8-4-3-5-9-15;/h3-5,8-9,14,16-17H,6-7,10-13,19H2,1-2H3;1H. The van der Waals surface area contributed by atoms with Gasteiger partial charge in [-0.1, -0.05) is 44.2 Å². The molecule has 0 saturated carbocycles. The van der Waals surface area contributed by atoms with E-state index in [1.54, 1.807) is 0 Å². The lowest BCUT2D eigenvalue weighted by molar-refractivity contribution is -0.135. The van der Waals surface area contributed by atoms with Gasteiger partial charge in [0.15, 0.2) is 0 Å². The van der Waals surface area contributed by atoms with Gasteiger partial charge in [0.05, 0.1) is 0 Å². The summed E-state index contributed by atoms with van der Waals surface area (Å²) >= 11 is 0. The van der Waals surface area contributed by atoms with Crippen LogP contribution in [-0.2, 0) is 4.79 Å². The van der Waals surface area contributed by atoms with E-state index in [9.17, 15) is 4.79 Å². The Morgan fingerprint density at radius 2 is 1.95 bits per heavy atom. The van der Waals surface area contributed by atoms with E-state index in [0.29, 0.717) is 18.4 Å². The van der Waals surface area contributed by atoms with Crippen molar-refractivity contribution in [2.24, 2.45) is 11.7 Å². The lowest BCUT2D eigenvalue weighted by Gasteiger charge is -2.37. The molecule has 4 heteroatoms. The number of hydrogen-bond acceptors (Lipinski definition) is 2. The fourth-order valence-electron chi connectivity index (χ4n) is 3.24. The largest absolute Gasteiger partial charge is 0.340 e. The Balaban J connectivity index is 0.00000242. The van der Waals surface area contributed by atoms with Crippen LogP contribution < -0.4 is 5.73 Å². The number of halogens is 1. The van der Waals surface area contributed by atoms with Crippen molar-refractivity contribution in [1.29, 1.82) is 0 Å². The molecular formula is C18H29ClN2O. The Morgan fingerprint density at radius 1 is 1.27 bits per heavy atom. The van der Waals surface area contributed by atoms with Gasteiger partial charge in [-0.2, -0.15) is 0 Å². The summed E-state index contributed by atoms with van der Waals surface area (Å²) in [4.78, 5) is 14.7. The number of likely N-dealkylation sites (tertiary alicyclic amines) is 1. The second-order valence-corrected chi connectivity index (χ2v) is 6.59. The van der Waals surface area contributed by atoms with Crippen molar-refractivity contribution in [3.05, 3.63) is 35.9 Å². The van der Waals surface area contributed by atoms with Crippen molar-refractivity contribution in [2.75, 3.05) is 6.54 Å². The van der Waals surface area contributed by atoms with Crippen LogP contribution in [0, 0.1) is 5.92 Å². The van der Waals surface area contributed by atoms with Gasteiger partial charge in [-0.15, -0.1) is 12.4 Å². The van der Waals surface area contributed by atoms with Gasteiger partial charge in [-0.25, -0.2) is 0 Å². The van der Waals surface area contributed by atoms with E-state index in [1.807, 2.05) is 30.3 Å². The maximum absolute atomic E-state index is 12.6. The Bertz CT molecular complexity index is 450. The van der Waals surface area contributed by atoms with Gasteiger partial charge < -0.3 is 10.6 Å². The van der Waals surface area contributed by atoms with Crippen molar-refractivity contribution in [3.63, 3.8) is 0 Å². The molecule has 1 aromatic rings. The molecule has 1 saturated heterocycles. The first-order chi connectivity index (χ1) is 10.1. The average molecular weight is 325 g/mol. The fourth-order valence-corrected chi connectivity index (χ4v) is 3.24. The van der Waals surface area contributed by atoms with Gasteiger partial charge in [-0.05, 0) is 37.2 Å². The highest BCUT2D eigenvalue weighted by atomic mass is 35.5. The van der Waals surface area contributed by atoms with Crippen LogP contribution in [0.3, 0.4) is 0 Å². The number of nitrogens with zero attached hydrogens (tertiary/aromatic N) is 1. The Morgan fingerprint density at radius 3 is 2.59 bits per heavy atom. The molecule has 22 heavy (non-hydrogen) atoms. The summed E-state index contributed by atoms with van der Waals surface area (Å²) in [7, 11) is 0. The summed E-state index contributed by atoms with van der Waals surface area (Å²) in [6.45, 7) is 5.36. The molecule has 2 atom stereocenters. The quantitative estimate of drug-likeness (QED) is 0.892. The maximum atomic E-state index is 12.6. The number of benzene rings is 1. The fraction of sp³-hybridized carbons (Fsp3) is 0.611. The van der Waals surface area contributed by atoms with Gasteiger partial charge in [0.1, 0.15) is 0 Å². The average Bonchev–Trinajstić information content (AvgIpc) is 2.48. The lowest BCUT2D eigenvalue weighted by Crippen LogP contribution is -2.45. The van der Waals surface area contributed by atoms with Crippen LogP contribution in [0.4, 0.5) is 0 Å². The monoisotopic (exact) mass is 324 g/mol. The molecule has 2 N–H and O–H groups in total. The first-order valence-corrected chi connectivity index (χ1v) is 8.18. The molecule has 2 rings (SSSR count). The smallest absolute Gasteiger partial charge is 0.224 e. The van der Waals surface area contributed by atoms with E-state index in [2.05, 4.69) is 18.7 Å². The Labute approximate surface area is 140 Å². The van der Waals surface area contributed by atoms with Crippen LogP contribution >= 0.6 is 12.4 Å². The van der Waals surface area contributed by atoms with Crippen LogP contribution in [0.25, 0.3) is 0 Å². The van der Waals surface area contributed by atoms with Crippen molar-refractivity contribution in [2.45, 2.75) is 58.0 Å². The van der Waals surface area contributed by atoms with Crippen LogP contribution in [0.5, 0.6) is 0 Å². The molecule has 0 aliphatic carbocycles. The van der Waals surface area contributed by atoms with Crippen molar-refractivity contribution < 1.29 is 4.79 Å². The topological polar surface area (TPSA) is 46.3 Å². The summed E-state index contributed by atoms with van der Waals surface area (Å²) in [5.41, 5.74) is 7.25. The zero-order chi connectivity index (χ0) is 15.2. The molecule has 1 aliphatic heterocycles.